The normalized spacial score (nSPS) is 27.5. The number of ether oxygens (including phenoxy) is 1. The van der Waals surface area contributed by atoms with Gasteiger partial charge in [0.2, 0.25) is 5.91 Å². The Morgan fingerprint density at radius 2 is 2.09 bits per heavy atom. The molecule has 2 N–H and O–H groups in total. The third-order valence-electron chi connectivity index (χ3n) is 5.53. The zero-order valence-corrected chi connectivity index (χ0v) is 14.2. The van der Waals surface area contributed by atoms with Crippen molar-refractivity contribution in [1.82, 2.24) is 10.6 Å². The molecule has 23 heavy (non-hydrogen) atoms. The second-order valence-corrected chi connectivity index (χ2v) is 7.17. The molecule has 1 heterocycles. The fraction of sp³-hybridized carbons (Fsp3) is 0.632. The van der Waals surface area contributed by atoms with Gasteiger partial charge in [-0.25, -0.2) is 0 Å². The lowest BCUT2D eigenvalue weighted by atomic mass is 9.93. The molecule has 1 aromatic rings. The van der Waals surface area contributed by atoms with Crippen LogP contribution in [0.1, 0.15) is 44.6 Å². The van der Waals surface area contributed by atoms with Crippen LogP contribution in [0, 0.1) is 5.92 Å². The van der Waals surface area contributed by atoms with Crippen molar-refractivity contribution in [3.8, 4) is 5.75 Å². The topological polar surface area (TPSA) is 50.4 Å². The van der Waals surface area contributed by atoms with Crippen molar-refractivity contribution in [2.75, 3.05) is 20.2 Å². The number of rotatable bonds is 6. The molecule has 4 heteroatoms. The number of nitrogens with one attached hydrogen (secondary N) is 2. The maximum Gasteiger partial charge on any atom is 0.220 e. The quantitative estimate of drug-likeness (QED) is 0.848. The third-order valence-corrected chi connectivity index (χ3v) is 5.53. The number of methoxy groups -OCH3 is 1. The molecular formula is C19H28N2O2. The number of amides is 1. The molecule has 2 unspecified atom stereocenters. The maximum atomic E-state index is 12.3. The predicted molar refractivity (Wildman–Crippen MR) is 91.7 cm³/mol. The van der Waals surface area contributed by atoms with Crippen LogP contribution in [-0.4, -0.2) is 32.1 Å². The molecule has 1 amide bonds. The summed E-state index contributed by atoms with van der Waals surface area (Å²) >= 11 is 0. The Morgan fingerprint density at radius 3 is 2.83 bits per heavy atom. The van der Waals surface area contributed by atoms with E-state index in [1.54, 1.807) is 7.11 Å². The highest BCUT2D eigenvalue weighted by atomic mass is 16.5. The van der Waals surface area contributed by atoms with E-state index in [2.05, 4.69) is 23.6 Å². The molecule has 2 atom stereocenters. The summed E-state index contributed by atoms with van der Waals surface area (Å²) in [7, 11) is 1.71. The predicted octanol–water partition coefficient (Wildman–Crippen LogP) is 2.62. The fourth-order valence-electron chi connectivity index (χ4n) is 3.76. The van der Waals surface area contributed by atoms with Crippen molar-refractivity contribution in [1.29, 1.82) is 0 Å². The monoisotopic (exact) mass is 316 g/mol. The minimum atomic E-state index is 0.0109. The fourth-order valence-corrected chi connectivity index (χ4v) is 3.76. The number of para-hydroxylation sites is 1. The molecule has 126 valence electrons. The highest BCUT2D eigenvalue weighted by Gasteiger charge is 2.53. The van der Waals surface area contributed by atoms with Crippen molar-refractivity contribution in [3.63, 3.8) is 0 Å². The van der Waals surface area contributed by atoms with E-state index in [-0.39, 0.29) is 17.4 Å². The summed E-state index contributed by atoms with van der Waals surface area (Å²) in [6.45, 7) is 4.41. The summed E-state index contributed by atoms with van der Waals surface area (Å²) in [4.78, 5) is 12.3. The number of carbonyl (C=O) groups is 1. The first kappa shape index (κ1) is 16.3. The van der Waals surface area contributed by atoms with Gasteiger partial charge in [0.15, 0.2) is 0 Å². The van der Waals surface area contributed by atoms with E-state index in [9.17, 15) is 4.79 Å². The lowest BCUT2D eigenvalue weighted by Gasteiger charge is -2.22. The van der Waals surface area contributed by atoms with Crippen LogP contribution in [0.2, 0.25) is 0 Å². The lowest BCUT2D eigenvalue weighted by Crippen LogP contribution is -2.32. The number of hydrogen-bond donors (Lipinski definition) is 2. The van der Waals surface area contributed by atoms with Gasteiger partial charge in [-0.2, -0.15) is 0 Å². The molecule has 1 aromatic carbocycles. The van der Waals surface area contributed by atoms with Crippen molar-refractivity contribution >= 4 is 5.91 Å². The van der Waals surface area contributed by atoms with Gasteiger partial charge in [-0.1, -0.05) is 25.1 Å². The van der Waals surface area contributed by atoms with Crippen LogP contribution in [-0.2, 0) is 10.2 Å². The van der Waals surface area contributed by atoms with Gasteiger partial charge in [0, 0.05) is 23.4 Å². The van der Waals surface area contributed by atoms with Crippen molar-refractivity contribution in [3.05, 3.63) is 29.8 Å². The summed E-state index contributed by atoms with van der Waals surface area (Å²) in [5, 5.41) is 6.60. The minimum absolute atomic E-state index is 0.0109. The first-order chi connectivity index (χ1) is 11.1. The third kappa shape index (κ3) is 3.69. The van der Waals surface area contributed by atoms with Crippen LogP contribution >= 0.6 is 0 Å². The lowest BCUT2D eigenvalue weighted by molar-refractivity contribution is -0.121. The summed E-state index contributed by atoms with van der Waals surface area (Å²) in [6.07, 6.45) is 5.08. The van der Waals surface area contributed by atoms with E-state index in [0.29, 0.717) is 12.3 Å². The first-order valence-corrected chi connectivity index (χ1v) is 8.77. The Bertz CT molecular complexity index is 554. The second kappa shape index (κ2) is 6.91. The molecule has 4 nitrogen and oxygen atoms in total. The van der Waals surface area contributed by atoms with Gasteiger partial charge >= 0.3 is 0 Å². The average molecular weight is 316 g/mol. The van der Waals surface area contributed by atoms with Crippen LogP contribution in [0.5, 0.6) is 5.75 Å². The van der Waals surface area contributed by atoms with Gasteiger partial charge in [0.05, 0.1) is 7.11 Å². The van der Waals surface area contributed by atoms with E-state index >= 15 is 0 Å². The number of benzene rings is 1. The Labute approximate surface area is 139 Å². The Balaban J connectivity index is 1.50. The molecule has 3 rings (SSSR count). The van der Waals surface area contributed by atoms with Gasteiger partial charge in [-0.15, -0.1) is 0 Å². The first-order valence-electron chi connectivity index (χ1n) is 8.77. The zero-order chi connectivity index (χ0) is 16.3. The van der Waals surface area contributed by atoms with E-state index in [1.807, 2.05) is 18.2 Å². The van der Waals surface area contributed by atoms with Gasteiger partial charge in [0.1, 0.15) is 5.75 Å². The highest BCUT2D eigenvalue weighted by molar-refractivity contribution is 5.77. The van der Waals surface area contributed by atoms with E-state index in [1.165, 1.54) is 18.4 Å². The largest absolute Gasteiger partial charge is 0.496 e. The van der Waals surface area contributed by atoms with E-state index < -0.39 is 0 Å². The van der Waals surface area contributed by atoms with Crippen LogP contribution in [0.4, 0.5) is 0 Å². The molecule has 1 aliphatic carbocycles. The van der Waals surface area contributed by atoms with Crippen LogP contribution in [0.15, 0.2) is 24.3 Å². The number of hydrogen-bond acceptors (Lipinski definition) is 3. The van der Waals surface area contributed by atoms with Crippen molar-refractivity contribution < 1.29 is 9.53 Å². The molecule has 2 fully saturated rings. The highest BCUT2D eigenvalue weighted by Crippen LogP contribution is 2.51. The smallest absolute Gasteiger partial charge is 0.220 e. The SMILES string of the molecule is COc1ccccc1C1(C)CC1NC(=O)CCC1CCNCC1. The zero-order valence-electron chi connectivity index (χ0n) is 14.2. The Morgan fingerprint density at radius 1 is 1.35 bits per heavy atom. The summed E-state index contributed by atoms with van der Waals surface area (Å²) in [5.41, 5.74) is 1.21. The molecule has 1 saturated heterocycles. The van der Waals surface area contributed by atoms with Crippen molar-refractivity contribution in [2.45, 2.75) is 50.5 Å². The van der Waals surface area contributed by atoms with Crippen LogP contribution in [0.25, 0.3) is 0 Å². The molecule has 2 aliphatic rings. The summed E-state index contributed by atoms with van der Waals surface area (Å²) < 4.78 is 5.47. The van der Waals surface area contributed by atoms with E-state index in [0.717, 1.165) is 31.7 Å². The Hall–Kier alpha value is -1.55. The van der Waals surface area contributed by atoms with Gasteiger partial charge in [0.25, 0.3) is 0 Å². The standard InChI is InChI=1S/C19H28N2O2/c1-19(15-5-3-4-6-16(15)23-2)13-17(19)21-18(22)8-7-14-9-11-20-12-10-14/h3-6,14,17,20H,7-13H2,1-2H3,(H,21,22). The number of piperidine rings is 1. The van der Waals surface area contributed by atoms with Crippen LogP contribution < -0.4 is 15.4 Å². The Kier molecular flexibility index (Phi) is 4.90. The molecule has 0 radical (unpaired) electrons. The van der Waals surface area contributed by atoms with E-state index in [4.69, 9.17) is 4.74 Å². The van der Waals surface area contributed by atoms with Gasteiger partial charge in [-0.05, 0) is 50.8 Å². The molecule has 1 saturated carbocycles. The number of carbonyl (C=O) groups excluding carboxylic acids is 1. The average Bonchev–Trinajstić information content (AvgIpc) is 3.24. The van der Waals surface area contributed by atoms with Gasteiger partial charge in [-0.3, -0.25) is 4.79 Å². The summed E-state index contributed by atoms with van der Waals surface area (Å²) in [5.74, 6) is 1.83. The van der Waals surface area contributed by atoms with Crippen molar-refractivity contribution in [2.24, 2.45) is 5.92 Å². The maximum absolute atomic E-state index is 12.3. The molecular weight excluding hydrogens is 288 g/mol. The summed E-state index contributed by atoms with van der Waals surface area (Å²) in [6, 6.07) is 8.37. The van der Waals surface area contributed by atoms with Crippen LogP contribution in [0.3, 0.4) is 0 Å². The molecule has 0 bridgehead atoms. The molecule has 0 spiro atoms. The second-order valence-electron chi connectivity index (χ2n) is 7.17. The van der Waals surface area contributed by atoms with Gasteiger partial charge < -0.3 is 15.4 Å². The minimum Gasteiger partial charge on any atom is -0.496 e. The molecule has 0 aromatic heterocycles. The molecule has 1 aliphatic heterocycles.